The molecule has 8 N–H and O–H groups in total. The molecule has 0 atom stereocenters. The van der Waals surface area contributed by atoms with Gasteiger partial charge < -0.3 is 26.8 Å². The predicted octanol–water partition coefficient (Wildman–Crippen LogP) is 2.62. The van der Waals surface area contributed by atoms with Gasteiger partial charge in [0.2, 0.25) is 23.8 Å². The summed E-state index contributed by atoms with van der Waals surface area (Å²) in [7, 11) is -9.63. The number of nitrogen functional groups attached to an aromatic ring is 1. The number of rotatable bonds is 10. The van der Waals surface area contributed by atoms with Crippen molar-refractivity contribution in [2.45, 2.75) is 16.7 Å². The van der Waals surface area contributed by atoms with Crippen LogP contribution in [0.2, 0.25) is 0 Å². The molecule has 19 heteroatoms. The van der Waals surface area contributed by atoms with E-state index in [9.17, 15) is 30.7 Å². The topological polar surface area (TPSA) is 272 Å². The molecule has 4 aromatic rings. The van der Waals surface area contributed by atoms with Gasteiger partial charge >= 0.3 is 0 Å². The highest BCUT2D eigenvalue weighted by Gasteiger charge is 2.21. The highest BCUT2D eigenvalue weighted by atomic mass is 32.2. The number of hydrogen-bond donors (Lipinski definition) is 7. The van der Waals surface area contributed by atoms with Crippen LogP contribution in [0.1, 0.15) is 6.92 Å². The Morgan fingerprint density at radius 1 is 0.905 bits per heavy atom. The highest BCUT2D eigenvalue weighted by Crippen LogP contribution is 2.35. The van der Waals surface area contributed by atoms with Crippen LogP contribution in [0, 0.1) is 0 Å². The maximum Gasteiger partial charge on any atom is 0.295 e. The third-order valence-electron chi connectivity index (χ3n) is 5.34. The Morgan fingerprint density at radius 2 is 1.62 bits per heavy atom. The third-order valence-corrected chi connectivity index (χ3v) is 7.15. The molecule has 4 rings (SSSR count). The zero-order valence-corrected chi connectivity index (χ0v) is 23.2. The van der Waals surface area contributed by atoms with Gasteiger partial charge in [0.25, 0.3) is 20.2 Å². The summed E-state index contributed by atoms with van der Waals surface area (Å²) in [5.74, 6) is -0.393. The molecule has 0 aliphatic carbocycles. The van der Waals surface area contributed by atoms with Crippen molar-refractivity contribution in [3.8, 4) is 0 Å². The van der Waals surface area contributed by atoms with Gasteiger partial charge in [0.1, 0.15) is 15.5 Å². The van der Waals surface area contributed by atoms with Gasteiger partial charge in [-0.15, -0.1) is 5.11 Å². The van der Waals surface area contributed by atoms with E-state index >= 15 is 0 Å². The van der Waals surface area contributed by atoms with Crippen molar-refractivity contribution < 1.29 is 35.8 Å². The van der Waals surface area contributed by atoms with Gasteiger partial charge in [0, 0.05) is 29.9 Å². The van der Waals surface area contributed by atoms with Crippen molar-refractivity contribution in [3.05, 3.63) is 48.5 Å². The van der Waals surface area contributed by atoms with Gasteiger partial charge in [-0.3, -0.25) is 13.9 Å². The molecule has 17 nitrogen and oxygen atoms in total. The Balaban J connectivity index is 1.75. The largest absolute Gasteiger partial charge is 0.395 e. The Morgan fingerprint density at radius 3 is 2.29 bits per heavy atom. The highest BCUT2D eigenvalue weighted by molar-refractivity contribution is 7.86. The van der Waals surface area contributed by atoms with Crippen molar-refractivity contribution in [2.75, 3.05) is 34.8 Å². The first-order valence-corrected chi connectivity index (χ1v) is 14.6. The van der Waals surface area contributed by atoms with Gasteiger partial charge in [-0.25, -0.2) is 0 Å². The molecule has 3 aromatic carbocycles. The number of nitrogens with zero attached hydrogens (tertiary/aromatic N) is 5. The fourth-order valence-electron chi connectivity index (χ4n) is 3.73. The lowest BCUT2D eigenvalue weighted by atomic mass is 10.1. The number of carbonyl (C=O) groups is 1. The van der Waals surface area contributed by atoms with E-state index in [0.717, 1.165) is 18.2 Å². The zero-order chi connectivity index (χ0) is 30.7. The number of aliphatic hydroxyl groups excluding tert-OH is 1. The molecule has 1 amide bonds. The number of aliphatic hydroxyl groups is 1. The Hall–Kier alpha value is -4.82. The van der Waals surface area contributed by atoms with Gasteiger partial charge in [-0.05, 0) is 36.4 Å². The van der Waals surface area contributed by atoms with Crippen LogP contribution in [-0.2, 0) is 25.0 Å². The number of amides is 1. The summed E-state index contributed by atoms with van der Waals surface area (Å²) >= 11 is 0. The molecule has 1 heterocycles. The second kappa shape index (κ2) is 12.0. The van der Waals surface area contributed by atoms with Crippen molar-refractivity contribution in [3.63, 3.8) is 0 Å². The summed E-state index contributed by atoms with van der Waals surface area (Å²) in [4.78, 5) is 22.6. The van der Waals surface area contributed by atoms with Crippen LogP contribution in [0.4, 0.5) is 40.6 Å². The minimum atomic E-state index is -4.85. The minimum Gasteiger partial charge on any atom is -0.395 e. The summed E-state index contributed by atoms with van der Waals surface area (Å²) in [6, 6.07) is 10.1. The standard InChI is InChI=1S/C23H23N9O8S2/c1-12(34)26-18-10-13(27-23-29-21(24)28-22(30-23)25-7-8-33)5-6-17(18)32-31-14-9-16-15(20(11-14)42(38,39)40)3-2-4-19(16)41(35,36)37/h2-6,9-11,33H,7-8H2,1H3,(H,26,34)(H,35,36,37)(H,38,39,40)(H4,24,25,27,28,29,30). The normalized spacial score (nSPS) is 12.0. The van der Waals surface area contributed by atoms with Crippen LogP contribution < -0.4 is 21.7 Å². The molecule has 0 aliphatic rings. The fourth-order valence-corrected chi connectivity index (χ4v) is 5.15. The van der Waals surface area contributed by atoms with Crippen molar-refractivity contribution in [1.29, 1.82) is 0 Å². The third kappa shape index (κ3) is 7.27. The number of hydrogen-bond acceptors (Lipinski definition) is 14. The van der Waals surface area contributed by atoms with Gasteiger partial charge in [0.05, 0.1) is 18.0 Å². The lowest BCUT2D eigenvalue weighted by molar-refractivity contribution is -0.114. The lowest BCUT2D eigenvalue weighted by Crippen LogP contribution is -2.12. The minimum absolute atomic E-state index is 0.0506. The predicted molar refractivity (Wildman–Crippen MR) is 152 cm³/mol. The molecule has 0 spiro atoms. The Kier molecular flexibility index (Phi) is 8.59. The van der Waals surface area contributed by atoms with E-state index in [2.05, 4.69) is 41.1 Å². The maximum absolute atomic E-state index is 12.1. The molecule has 0 saturated heterocycles. The van der Waals surface area contributed by atoms with E-state index in [-0.39, 0.29) is 58.8 Å². The van der Waals surface area contributed by atoms with Gasteiger partial charge in [-0.2, -0.15) is 36.9 Å². The van der Waals surface area contributed by atoms with Crippen LogP contribution in [0.3, 0.4) is 0 Å². The van der Waals surface area contributed by atoms with Gasteiger partial charge in [0.15, 0.2) is 0 Å². The summed E-state index contributed by atoms with van der Waals surface area (Å²) in [6.07, 6.45) is 0. The van der Waals surface area contributed by atoms with Crippen LogP contribution >= 0.6 is 0 Å². The summed E-state index contributed by atoms with van der Waals surface area (Å²) < 4.78 is 67.3. The molecule has 0 aliphatic heterocycles. The zero-order valence-electron chi connectivity index (χ0n) is 21.5. The van der Waals surface area contributed by atoms with Crippen LogP contribution in [-0.4, -0.2) is 65.1 Å². The number of azo groups is 1. The van der Waals surface area contributed by atoms with Crippen LogP contribution in [0.25, 0.3) is 10.8 Å². The lowest BCUT2D eigenvalue weighted by Gasteiger charge is -2.11. The van der Waals surface area contributed by atoms with Crippen molar-refractivity contribution >= 4 is 77.5 Å². The van der Waals surface area contributed by atoms with E-state index in [1.54, 1.807) is 0 Å². The first-order chi connectivity index (χ1) is 19.7. The van der Waals surface area contributed by atoms with E-state index in [4.69, 9.17) is 10.8 Å². The summed E-state index contributed by atoms with van der Waals surface area (Å²) in [5, 5.41) is 24.9. The van der Waals surface area contributed by atoms with E-state index in [0.29, 0.717) is 5.69 Å². The molecule has 0 bridgehead atoms. The number of nitrogens with two attached hydrogens (primary N) is 1. The summed E-state index contributed by atoms with van der Waals surface area (Å²) in [5.41, 5.74) is 6.17. The molecule has 0 radical (unpaired) electrons. The smallest absolute Gasteiger partial charge is 0.295 e. The molecule has 42 heavy (non-hydrogen) atoms. The van der Waals surface area contributed by atoms with E-state index in [1.165, 1.54) is 37.3 Å². The molecular formula is C23H23N9O8S2. The van der Waals surface area contributed by atoms with Crippen LogP contribution in [0.5, 0.6) is 0 Å². The van der Waals surface area contributed by atoms with E-state index < -0.39 is 35.9 Å². The molecule has 0 saturated carbocycles. The molecule has 220 valence electrons. The first-order valence-electron chi connectivity index (χ1n) is 11.7. The summed E-state index contributed by atoms with van der Waals surface area (Å²) in [6.45, 7) is 1.27. The number of anilines is 5. The van der Waals surface area contributed by atoms with Crippen molar-refractivity contribution in [1.82, 2.24) is 15.0 Å². The monoisotopic (exact) mass is 617 g/mol. The number of carbonyl (C=O) groups excluding carboxylic acids is 1. The number of aromatic nitrogens is 3. The SMILES string of the molecule is CC(=O)Nc1cc(Nc2nc(N)nc(NCCO)n2)ccc1N=Nc1cc(S(=O)(=O)O)c2cccc(S(=O)(=O)O)c2c1. The van der Waals surface area contributed by atoms with Crippen molar-refractivity contribution in [2.24, 2.45) is 10.2 Å². The fraction of sp³-hybridized carbons (Fsp3) is 0.130. The molecule has 0 unspecified atom stereocenters. The molecule has 1 aromatic heterocycles. The molecular weight excluding hydrogens is 594 g/mol. The Bertz CT molecular complexity index is 1930. The molecule has 0 fully saturated rings. The van der Waals surface area contributed by atoms with E-state index in [1.807, 2.05) is 0 Å². The quantitative estimate of drug-likeness (QED) is 0.0995. The second-order valence-electron chi connectivity index (χ2n) is 8.47. The van der Waals surface area contributed by atoms with Gasteiger partial charge in [-0.1, -0.05) is 12.1 Å². The Labute approximate surface area is 238 Å². The van der Waals surface area contributed by atoms with Crippen LogP contribution in [0.15, 0.2) is 68.6 Å². The average Bonchev–Trinajstić information content (AvgIpc) is 2.89. The number of nitrogens with one attached hydrogen (secondary N) is 3. The first kappa shape index (κ1) is 30.1. The maximum atomic E-state index is 12.1. The second-order valence-corrected chi connectivity index (χ2v) is 11.3. The average molecular weight is 618 g/mol. The number of fused-ring (bicyclic) bond motifs is 1. The number of benzene rings is 3.